The molecule has 1 amide bonds. The van der Waals surface area contributed by atoms with Crippen LogP contribution in [0.1, 0.15) is 47.7 Å². The second-order valence-electron chi connectivity index (χ2n) is 6.10. The average Bonchev–Trinajstić information content (AvgIpc) is 2.55. The van der Waals surface area contributed by atoms with E-state index < -0.39 is 0 Å². The number of hydrogen-bond donors (Lipinski definition) is 0. The van der Waals surface area contributed by atoms with E-state index in [1.54, 1.807) is 6.07 Å². The summed E-state index contributed by atoms with van der Waals surface area (Å²) in [4.78, 5) is 18.6. The van der Waals surface area contributed by atoms with Gasteiger partial charge in [0, 0.05) is 18.4 Å². The maximum atomic E-state index is 12.8. The van der Waals surface area contributed by atoms with Crippen molar-refractivity contribution in [2.24, 2.45) is 0 Å². The van der Waals surface area contributed by atoms with Crippen LogP contribution < -0.4 is 4.90 Å². The normalized spacial score (nSPS) is 14.0. The lowest BCUT2D eigenvalue weighted by atomic mass is 9.94. The Kier molecular flexibility index (Phi) is 4.60. The predicted octanol–water partition coefficient (Wildman–Crippen LogP) is 5.10. The third-order valence-corrected chi connectivity index (χ3v) is 4.86. The molecule has 0 bridgehead atoms. The maximum absolute atomic E-state index is 12.8. The van der Waals surface area contributed by atoms with Gasteiger partial charge in [-0.15, -0.1) is 0 Å². The fourth-order valence-corrected chi connectivity index (χ4v) is 3.15. The van der Waals surface area contributed by atoms with Crippen LogP contribution in [-0.4, -0.2) is 17.4 Å². The number of halogens is 2. The molecule has 0 aliphatic carbocycles. The minimum atomic E-state index is -0.0886. The van der Waals surface area contributed by atoms with Crippen LogP contribution in [0, 0.1) is 0 Å². The average molecular weight is 349 g/mol. The molecule has 2 aromatic rings. The molecule has 3 rings (SSSR count). The van der Waals surface area contributed by atoms with Crippen molar-refractivity contribution in [2.45, 2.75) is 32.6 Å². The zero-order chi connectivity index (χ0) is 16.6. The number of rotatable bonds is 2. The van der Waals surface area contributed by atoms with Gasteiger partial charge in [-0.3, -0.25) is 4.79 Å². The number of aryl methyl sites for hydroxylation is 1. The summed E-state index contributed by atoms with van der Waals surface area (Å²) < 4.78 is 0. The topological polar surface area (TPSA) is 33.2 Å². The van der Waals surface area contributed by atoms with Gasteiger partial charge in [-0.1, -0.05) is 49.2 Å². The van der Waals surface area contributed by atoms with E-state index in [-0.39, 0.29) is 11.1 Å². The molecule has 2 heterocycles. The molecule has 0 N–H and O–H groups in total. The van der Waals surface area contributed by atoms with Crippen molar-refractivity contribution < 1.29 is 4.79 Å². The number of pyridine rings is 1. The maximum Gasteiger partial charge on any atom is 0.259 e. The minimum absolute atomic E-state index is 0.0886. The van der Waals surface area contributed by atoms with E-state index in [2.05, 4.69) is 31.0 Å². The highest BCUT2D eigenvalue weighted by Crippen LogP contribution is 2.31. The highest BCUT2D eigenvalue weighted by Gasteiger charge is 2.24. The van der Waals surface area contributed by atoms with E-state index in [1.165, 1.54) is 17.3 Å². The Bertz CT molecular complexity index is 759. The van der Waals surface area contributed by atoms with Crippen LogP contribution in [0.4, 0.5) is 5.69 Å². The Morgan fingerprint density at radius 2 is 2.04 bits per heavy atom. The van der Waals surface area contributed by atoms with Crippen LogP contribution in [0.5, 0.6) is 0 Å². The fourth-order valence-electron chi connectivity index (χ4n) is 2.88. The van der Waals surface area contributed by atoms with Crippen molar-refractivity contribution in [3.05, 3.63) is 57.3 Å². The van der Waals surface area contributed by atoms with Crippen molar-refractivity contribution in [2.75, 3.05) is 11.4 Å². The van der Waals surface area contributed by atoms with Gasteiger partial charge in [0.25, 0.3) is 5.91 Å². The van der Waals surface area contributed by atoms with Gasteiger partial charge >= 0.3 is 0 Å². The van der Waals surface area contributed by atoms with Crippen molar-refractivity contribution in [3.63, 3.8) is 0 Å². The molecular weight excluding hydrogens is 331 g/mol. The van der Waals surface area contributed by atoms with Crippen molar-refractivity contribution in [1.82, 2.24) is 4.98 Å². The van der Waals surface area contributed by atoms with Crippen molar-refractivity contribution in [3.8, 4) is 0 Å². The van der Waals surface area contributed by atoms with Crippen LogP contribution in [0.15, 0.2) is 30.5 Å². The van der Waals surface area contributed by atoms with E-state index in [4.69, 9.17) is 23.2 Å². The predicted molar refractivity (Wildman–Crippen MR) is 94.8 cm³/mol. The van der Waals surface area contributed by atoms with Gasteiger partial charge in [-0.2, -0.15) is 0 Å². The van der Waals surface area contributed by atoms with E-state index >= 15 is 0 Å². The summed E-state index contributed by atoms with van der Waals surface area (Å²) in [5.41, 5.74) is 3.97. The third-order valence-electron chi connectivity index (χ3n) is 4.18. The Hall–Kier alpha value is -1.58. The summed E-state index contributed by atoms with van der Waals surface area (Å²) in [6.45, 7) is 5.05. The number of anilines is 1. The largest absolute Gasteiger partial charge is 0.308 e. The summed E-state index contributed by atoms with van der Waals surface area (Å²) in [6, 6.07) is 7.94. The Balaban J connectivity index is 1.96. The van der Waals surface area contributed by atoms with Crippen molar-refractivity contribution >= 4 is 34.8 Å². The van der Waals surface area contributed by atoms with Gasteiger partial charge < -0.3 is 4.90 Å². The smallest absolute Gasteiger partial charge is 0.259 e. The van der Waals surface area contributed by atoms with Crippen LogP contribution in [0.2, 0.25) is 10.2 Å². The van der Waals surface area contributed by atoms with E-state index in [9.17, 15) is 4.79 Å². The molecule has 120 valence electrons. The lowest BCUT2D eigenvalue weighted by molar-refractivity contribution is 0.0985. The quantitative estimate of drug-likeness (QED) is 0.707. The molecule has 0 fully saturated rings. The van der Waals surface area contributed by atoms with Crippen LogP contribution in [0.3, 0.4) is 0 Å². The first-order valence-electron chi connectivity index (χ1n) is 7.73. The van der Waals surface area contributed by atoms with Gasteiger partial charge in [0.2, 0.25) is 0 Å². The van der Waals surface area contributed by atoms with Gasteiger partial charge in [-0.05, 0) is 42.0 Å². The molecule has 0 spiro atoms. The van der Waals surface area contributed by atoms with Gasteiger partial charge in [0.05, 0.1) is 10.6 Å². The molecule has 23 heavy (non-hydrogen) atoms. The summed E-state index contributed by atoms with van der Waals surface area (Å²) in [7, 11) is 0. The Morgan fingerprint density at radius 3 is 2.74 bits per heavy atom. The first-order valence-corrected chi connectivity index (χ1v) is 8.48. The van der Waals surface area contributed by atoms with E-state index in [1.807, 2.05) is 11.0 Å². The number of benzene rings is 1. The Labute approximate surface area is 146 Å². The SMILES string of the molecule is CC(C)c1ccc2c(c1)CCCN2C(=O)c1cnc(Cl)c(Cl)c1. The van der Waals surface area contributed by atoms with Crippen molar-refractivity contribution in [1.29, 1.82) is 0 Å². The highest BCUT2D eigenvalue weighted by atomic mass is 35.5. The second-order valence-corrected chi connectivity index (χ2v) is 6.87. The molecule has 1 aromatic heterocycles. The Morgan fingerprint density at radius 1 is 1.26 bits per heavy atom. The van der Waals surface area contributed by atoms with Gasteiger partial charge in [0.1, 0.15) is 5.15 Å². The van der Waals surface area contributed by atoms with Gasteiger partial charge in [-0.25, -0.2) is 4.98 Å². The number of amides is 1. The molecule has 1 aliphatic heterocycles. The molecule has 0 radical (unpaired) electrons. The summed E-state index contributed by atoms with van der Waals surface area (Å²) >= 11 is 11.8. The molecule has 3 nitrogen and oxygen atoms in total. The third kappa shape index (κ3) is 3.22. The summed E-state index contributed by atoms with van der Waals surface area (Å²) in [6.07, 6.45) is 3.43. The molecule has 0 saturated heterocycles. The second kappa shape index (κ2) is 6.50. The molecule has 0 saturated carbocycles. The standard InChI is InChI=1S/C18H18Cl2N2O/c1-11(2)12-5-6-16-13(8-12)4-3-7-22(16)18(23)14-9-15(19)17(20)21-10-14/h5-6,8-11H,3-4,7H2,1-2H3. The monoisotopic (exact) mass is 348 g/mol. The number of carbonyl (C=O) groups excluding carboxylic acids is 1. The number of nitrogens with zero attached hydrogens (tertiary/aromatic N) is 2. The minimum Gasteiger partial charge on any atom is -0.308 e. The molecular formula is C18H18Cl2N2O. The lowest BCUT2D eigenvalue weighted by Gasteiger charge is -2.30. The lowest BCUT2D eigenvalue weighted by Crippen LogP contribution is -2.35. The highest BCUT2D eigenvalue weighted by molar-refractivity contribution is 6.41. The molecule has 1 aromatic carbocycles. The number of fused-ring (bicyclic) bond motifs is 1. The first-order chi connectivity index (χ1) is 11.0. The molecule has 5 heteroatoms. The summed E-state index contributed by atoms with van der Waals surface area (Å²) in [5, 5.41) is 0.508. The van der Waals surface area contributed by atoms with Crippen LogP contribution in [0.25, 0.3) is 0 Å². The number of aromatic nitrogens is 1. The first kappa shape index (κ1) is 16.3. The van der Waals surface area contributed by atoms with Crippen LogP contribution in [-0.2, 0) is 6.42 Å². The summed E-state index contributed by atoms with van der Waals surface area (Å²) in [5.74, 6) is 0.389. The molecule has 1 aliphatic rings. The fraction of sp³-hybridized carbons (Fsp3) is 0.333. The van der Waals surface area contributed by atoms with Crippen LogP contribution >= 0.6 is 23.2 Å². The zero-order valence-corrected chi connectivity index (χ0v) is 14.7. The molecule has 0 atom stereocenters. The zero-order valence-electron chi connectivity index (χ0n) is 13.1. The number of hydrogen-bond acceptors (Lipinski definition) is 2. The van der Waals surface area contributed by atoms with Gasteiger partial charge in [0.15, 0.2) is 0 Å². The number of carbonyl (C=O) groups is 1. The molecule has 0 unspecified atom stereocenters. The van der Waals surface area contributed by atoms with E-state index in [0.717, 1.165) is 18.5 Å². The van der Waals surface area contributed by atoms with E-state index in [0.29, 0.717) is 23.0 Å².